The summed E-state index contributed by atoms with van der Waals surface area (Å²) in [4.78, 5) is 9.19. The first-order valence-corrected chi connectivity index (χ1v) is 14.8. The van der Waals surface area contributed by atoms with Gasteiger partial charge in [0.05, 0.1) is 28.7 Å². The smallest absolute Gasteiger partial charge is 0.314 e. The molecular weight excluding hydrogens is 550 g/mol. The summed E-state index contributed by atoms with van der Waals surface area (Å²) in [6.07, 6.45) is -0.371. The number of rotatable bonds is 9. The van der Waals surface area contributed by atoms with Crippen LogP contribution in [0.4, 0.5) is 14.5 Å². The fourth-order valence-corrected chi connectivity index (χ4v) is 7.12. The predicted molar refractivity (Wildman–Crippen MR) is 144 cm³/mol. The molecule has 2 saturated heterocycles. The molecule has 0 bridgehead atoms. The van der Waals surface area contributed by atoms with Crippen LogP contribution in [0.15, 0.2) is 47.0 Å². The number of hydrogen-bond donors (Lipinski definition) is 0. The normalized spacial score (nSPS) is 18.1. The van der Waals surface area contributed by atoms with Gasteiger partial charge in [0.1, 0.15) is 0 Å². The first-order chi connectivity index (χ1) is 18.6. The molecule has 0 saturated carbocycles. The van der Waals surface area contributed by atoms with Crippen LogP contribution in [0.2, 0.25) is 5.02 Å². The van der Waals surface area contributed by atoms with Crippen LogP contribution in [0.5, 0.6) is 0 Å². The second-order valence-corrected chi connectivity index (χ2v) is 12.8. The molecule has 0 aliphatic carbocycles. The minimum Gasteiger partial charge on any atom is -0.415 e. The average Bonchev–Trinajstić information content (AvgIpc) is 3.38. The number of likely N-dealkylation sites (tertiary alicyclic amines) is 2. The van der Waals surface area contributed by atoms with Crippen LogP contribution in [0, 0.1) is 0 Å². The van der Waals surface area contributed by atoms with Gasteiger partial charge in [-0.05, 0) is 70.1 Å². The van der Waals surface area contributed by atoms with Gasteiger partial charge in [0.15, 0.2) is 0 Å². The van der Waals surface area contributed by atoms with E-state index >= 15 is 0 Å². The number of anilines is 1. The molecule has 2 aliphatic rings. The van der Waals surface area contributed by atoms with Gasteiger partial charge in [0.25, 0.3) is 5.89 Å². The Morgan fingerprint density at radius 2 is 1.87 bits per heavy atom. The number of sulfonamides is 1. The lowest BCUT2D eigenvalue weighted by atomic mass is 10.0. The quantitative estimate of drug-likeness (QED) is 0.362. The molecule has 0 N–H and O–H groups in total. The van der Waals surface area contributed by atoms with Gasteiger partial charge in [-0.25, -0.2) is 8.42 Å². The molecule has 1 aromatic carbocycles. The van der Waals surface area contributed by atoms with E-state index in [9.17, 15) is 17.2 Å². The zero-order chi connectivity index (χ0) is 27.7. The number of hydrogen-bond acceptors (Lipinski definition) is 8. The molecule has 39 heavy (non-hydrogen) atoms. The van der Waals surface area contributed by atoms with E-state index in [1.54, 1.807) is 36.4 Å². The molecular formula is C26H31ClF2N6O3S. The highest BCUT2D eigenvalue weighted by atomic mass is 35.5. The minimum absolute atomic E-state index is 0.0126. The first kappa shape index (κ1) is 27.9. The van der Waals surface area contributed by atoms with Crippen LogP contribution < -0.4 is 4.31 Å². The Balaban J connectivity index is 1.32. The molecule has 0 unspecified atom stereocenters. The van der Waals surface area contributed by atoms with Crippen LogP contribution in [0.1, 0.15) is 44.7 Å². The third-order valence-corrected chi connectivity index (χ3v) is 9.95. The van der Waals surface area contributed by atoms with Gasteiger partial charge in [-0.2, -0.15) is 8.78 Å². The topological polar surface area (TPSA) is 95.7 Å². The van der Waals surface area contributed by atoms with Crippen molar-refractivity contribution in [3.63, 3.8) is 0 Å². The summed E-state index contributed by atoms with van der Waals surface area (Å²) >= 11 is 6.23. The van der Waals surface area contributed by atoms with Crippen molar-refractivity contribution in [1.29, 1.82) is 0 Å². The van der Waals surface area contributed by atoms with Crippen LogP contribution >= 0.6 is 11.6 Å². The van der Waals surface area contributed by atoms with E-state index < -0.39 is 27.6 Å². The van der Waals surface area contributed by atoms with Crippen LogP contribution in [0.3, 0.4) is 0 Å². The lowest BCUT2D eigenvalue weighted by Crippen LogP contribution is -2.63. The third-order valence-electron chi connectivity index (χ3n) is 7.44. The summed E-state index contributed by atoms with van der Waals surface area (Å²) in [6.45, 7) is 7.90. The summed E-state index contributed by atoms with van der Waals surface area (Å²) in [7, 11) is -3.75. The highest BCUT2D eigenvalue weighted by Gasteiger charge is 2.39. The predicted octanol–water partition coefficient (Wildman–Crippen LogP) is 4.62. The van der Waals surface area contributed by atoms with Crippen molar-refractivity contribution >= 4 is 27.3 Å². The SMILES string of the molecule is CC(C)N1CC(N2CCC(S(=O)(=O)N(Cc3ccc(-c4nnc(C(F)F)o4)cn3)c3cccc(Cl)c3)CC2)C1. The number of benzene rings is 1. The van der Waals surface area contributed by atoms with Gasteiger partial charge in [0.2, 0.25) is 15.9 Å². The van der Waals surface area contributed by atoms with E-state index in [-0.39, 0.29) is 12.4 Å². The van der Waals surface area contributed by atoms with E-state index in [0.29, 0.717) is 46.9 Å². The Hall–Kier alpha value is -2.67. The second-order valence-electron chi connectivity index (χ2n) is 10.3. The van der Waals surface area contributed by atoms with Crippen molar-refractivity contribution in [3.05, 3.63) is 59.2 Å². The number of piperidine rings is 1. The zero-order valence-electron chi connectivity index (χ0n) is 21.8. The number of nitrogens with zero attached hydrogens (tertiary/aromatic N) is 6. The average molecular weight is 581 g/mol. The molecule has 3 aromatic rings. The maximum atomic E-state index is 14.0. The van der Waals surface area contributed by atoms with E-state index in [1.165, 1.54) is 10.5 Å². The number of pyridine rings is 1. The van der Waals surface area contributed by atoms with Gasteiger partial charge in [-0.3, -0.25) is 19.1 Å². The molecule has 0 amide bonds. The van der Waals surface area contributed by atoms with Gasteiger partial charge in [0, 0.05) is 36.4 Å². The molecule has 0 atom stereocenters. The van der Waals surface area contributed by atoms with Crippen molar-refractivity contribution in [2.75, 3.05) is 30.5 Å². The Morgan fingerprint density at radius 1 is 1.13 bits per heavy atom. The molecule has 13 heteroatoms. The summed E-state index contributed by atoms with van der Waals surface area (Å²) in [5.41, 5.74) is 1.28. The molecule has 2 fully saturated rings. The first-order valence-electron chi connectivity index (χ1n) is 12.9. The second kappa shape index (κ2) is 11.4. The van der Waals surface area contributed by atoms with Gasteiger partial charge in [-0.15, -0.1) is 10.2 Å². The molecule has 9 nitrogen and oxygen atoms in total. The Labute approximate surface area is 231 Å². The van der Waals surface area contributed by atoms with E-state index in [2.05, 4.69) is 38.8 Å². The fourth-order valence-electron chi connectivity index (χ4n) is 5.05. The van der Waals surface area contributed by atoms with Gasteiger partial charge < -0.3 is 4.42 Å². The molecule has 0 radical (unpaired) electrons. The largest absolute Gasteiger partial charge is 0.415 e. The van der Waals surface area contributed by atoms with Crippen LogP contribution in [-0.2, 0) is 16.6 Å². The Morgan fingerprint density at radius 3 is 2.46 bits per heavy atom. The third kappa shape index (κ3) is 6.08. The lowest BCUT2D eigenvalue weighted by Gasteiger charge is -2.49. The number of alkyl halides is 2. The van der Waals surface area contributed by atoms with Gasteiger partial charge >= 0.3 is 6.43 Å². The summed E-state index contributed by atoms with van der Waals surface area (Å²) < 4.78 is 59.9. The molecule has 0 spiro atoms. The van der Waals surface area contributed by atoms with Gasteiger partial charge in [-0.1, -0.05) is 17.7 Å². The van der Waals surface area contributed by atoms with E-state index in [4.69, 9.17) is 16.0 Å². The van der Waals surface area contributed by atoms with Crippen LogP contribution in [-0.4, -0.2) is 76.9 Å². The monoisotopic (exact) mass is 580 g/mol. The Bertz CT molecular complexity index is 1370. The number of aromatic nitrogens is 3. The van der Waals surface area contributed by atoms with Crippen molar-refractivity contribution in [2.24, 2.45) is 0 Å². The lowest BCUT2D eigenvalue weighted by molar-refractivity contribution is 0.00578. The van der Waals surface area contributed by atoms with Crippen molar-refractivity contribution in [2.45, 2.75) is 57.0 Å². The fraction of sp³-hybridized carbons (Fsp3) is 0.500. The molecule has 5 rings (SSSR count). The maximum Gasteiger partial charge on any atom is 0.314 e. The highest BCUT2D eigenvalue weighted by Crippen LogP contribution is 2.31. The van der Waals surface area contributed by atoms with E-state index in [1.807, 2.05) is 0 Å². The standard InChI is InChI=1S/C26H31ClF2N6O3S/c1-17(2)34-15-22(16-34)33-10-8-23(9-11-33)39(36,37)35(21-5-3-4-19(27)12-21)14-20-7-6-18(13-30-20)25-31-32-26(38-25)24(28)29/h3-7,12-13,17,22-24H,8-11,14-16H2,1-2H3. The zero-order valence-corrected chi connectivity index (χ0v) is 23.3. The summed E-state index contributed by atoms with van der Waals surface area (Å²) in [5.74, 6) is -0.855. The highest BCUT2D eigenvalue weighted by molar-refractivity contribution is 7.93. The number of halogens is 3. The van der Waals surface area contributed by atoms with Crippen LogP contribution in [0.25, 0.3) is 11.5 Å². The molecule has 2 aromatic heterocycles. The van der Waals surface area contributed by atoms with Crippen molar-refractivity contribution < 1.29 is 21.6 Å². The molecule has 2 aliphatic heterocycles. The minimum atomic E-state index is -3.75. The maximum absolute atomic E-state index is 14.0. The molecule has 4 heterocycles. The molecule has 210 valence electrons. The van der Waals surface area contributed by atoms with E-state index in [0.717, 1.165) is 26.2 Å². The van der Waals surface area contributed by atoms with Crippen molar-refractivity contribution in [3.8, 4) is 11.5 Å². The summed E-state index contributed by atoms with van der Waals surface area (Å²) in [6, 6.07) is 11.0. The summed E-state index contributed by atoms with van der Waals surface area (Å²) in [5, 5.41) is 6.86. The Kier molecular flexibility index (Phi) is 8.18. The van der Waals surface area contributed by atoms with Crippen molar-refractivity contribution in [1.82, 2.24) is 25.0 Å².